The van der Waals surface area contributed by atoms with Crippen LogP contribution < -0.4 is 5.32 Å². The number of aliphatic hydroxyl groups excluding tert-OH is 1. The average molecular weight is 987 g/mol. The van der Waals surface area contributed by atoms with E-state index >= 15 is 0 Å². The normalized spacial score (nSPS) is 12.9. The van der Waals surface area contributed by atoms with Crippen LogP contribution in [-0.2, 0) is 27.9 Å². The molecule has 0 aromatic rings. The predicted octanol–water partition coefficient (Wildman–Crippen LogP) is 18.3. The number of nitrogens with one attached hydrogen (secondary N) is 1. The second-order valence-electron chi connectivity index (χ2n) is 20.7. The first-order chi connectivity index (χ1) is 33.3. The van der Waals surface area contributed by atoms with Crippen LogP contribution in [0.2, 0.25) is 0 Å². The third-order valence-electron chi connectivity index (χ3n) is 13.8. The molecule has 0 saturated heterocycles. The molecule has 0 saturated carbocycles. The lowest BCUT2D eigenvalue weighted by molar-refractivity contribution is -0.147. The van der Waals surface area contributed by atoms with E-state index in [4.69, 9.17) is 13.8 Å². The first-order valence-electron chi connectivity index (χ1n) is 30.0. The third-order valence-corrected chi connectivity index (χ3v) is 14.8. The van der Waals surface area contributed by atoms with Crippen LogP contribution in [0.25, 0.3) is 0 Å². The Hall–Kier alpha value is -0.990. The van der Waals surface area contributed by atoms with Gasteiger partial charge in [-0.25, -0.2) is 4.57 Å². The summed E-state index contributed by atoms with van der Waals surface area (Å²) in [6.45, 7) is 3.65. The van der Waals surface area contributed by atoms with Gasteiger partial charge in [0, 0.05) is 19.4 Å². The lowest BCUT2D eigenvalue weighted by atomic mass is 10.0. The van der Waals surface area contributed by atoms with Crippen molar-refractivity contribution >= 4 is 19.7 Å². The van der Waals surface area contributed by atoms with Crippen molar-refractivity contribution in [1.29, 1.82) is 0 Å². The Morgan fingerprint density at radius 2 is 0.662 bits per heavy atom. The number of phosphoric ester groups is 1. The van der Waals surface area contributed by atoms with Gasteiger partial charge in [-0.15, -0.1) is 0 Å². The molecule has 0 rings (SSSR count). The van der Waals surface area contributed by atoms with Gasteiger partial charge in [-0.3, -0.25) is 18.6 Å². The molecule has 2 unspecified atom stereocenters. The average Bonchev–Trinajstić information content (AvgIpc) is 3.33. The highest BCUT2D eigenvalue weighted by molar-refractivity contribution is 7.47. The summed E-state index contributed by atoms with van der Waals surface area (Å²) in [5.41, 5.74) is 0. The van der Waals surface area contributed by atoms with E-state index in [9.17, 15) is 24.2 Å². The number of esters is 1. The highest BCUT2D eigenvalue weighted by Crippen LogP contribution is 2.43. The summed E-state index contributed by atoms with van der Waals surface area (Å²) in [5.74, 6) is -0.494. The molecule has 0 aromatic heterocycles. The predicted molar refractivity (Wildman–Crippen MR) is 289 cm³/mol. The maximum atomic E-state index is 12.2. The fraction of sp³-hybridized carbons (Fsp3) is 0.966. The first-order valence-corrected chi connectivity index (χ1v) is 31.5. The summed E-state index contributed by atoms with van der Waals surface area (Å²) in [7, 11) is -4.42. The Balaban J connectivity index is 3.46. The molecule has 0 bridgehead atoms. The van der Waals surface area contributed by atoms with Crippen molar-refractivity contribution in [1.82, 2.24) is 5.32 Å². The minimum Gasteiger partial charge on any atom is -0.463 e. The van der Waals surface area contributed by atoms with Crippen molar-refractivity contribution in [3.05, 3.63) is 0 Å². The van der Waals surface area contributed by atoms with Crippen LogP contribution in [-0.4, -0.2) is 54.3 Å². The molecule has 0 aliphatic rings. The molecule has 406 valence electrons. The van der Waals surface area contributed by atoms with Crippen molar-refractivity contribution in [3.8, 4) is 0 Å². The van der Waals surface area contributed by atoms with E-state index in [2.05, 4.69) is 19.2 Å². The van der Waals surface area contributed by atoms with Crippen molar-refractivity contribution in [2.75, 3.05) is 26.4 Å². The lowest BCUT2D eigenvalue weighted by Crippen LogP contribution is -2.27. The van der Waals surface area contributed by atoms with Crippen LogP contribution >= 0.6 is 7.82 Å². The summed E-state index contributed by atoms with van der Waals surface area (Å²) in [4.78, 5) is 34.2. The first kappa shape index (κ1) is 67.0. The molecule has 0 radical (unpaired) electrons. The molecule has 2 atom stereocenters. The standard InChI is InChI=1S/C58H116NO8P/c1-3-5-7-9-11-13-15-17-19-21-23-25-27-29-30-32-34-36-38-40-42-44-46-48-50-57(61)59-52-53-66-68(63,64)67-55-56(60)54-65-58(62)51-49-47-45-43-41-39-37-35-33-31-28-26-24-22-20-18-16-14-12-10-8-6-4-2/h56,60H,3-55H2,1-2H3,(H,59,61)(H,63,64). The molecule has 0 aromatic carbocycles. The van der Waals surface area contributed by atoms with Crippen molar-refractivity contribution in [2.45, 2.75) is 335 Å². The van der Waals surface area contributed by atoms with E-state index in [0.717, 1.165) is 38.5 Å². The number of phosphoric acid groups is 1. The zero-order chi connectivity index (χ0) is 49.5. The summed E-state index contributed by atoms with van der Waals surface area (Å²) in [6, 6.07) is 0. The zero-order valence-electron chi connectivity index (χ0n) is 45.3. The largest absolute Gasteiger partial charge is 0.472 e. The van der Waals surface area contributed by atoms with Gasteiger partial charge in [-0.1, -0.05) is 303 Å². The van der Waals surface area contributed by atoms with Gasteiger partial charge in [0.2, 0.25) is 5.91 Å². The molecule has 0 aliphatic carbocycles. The number of unbranched alkanes of at least 4 members (excludes halogenated alkanes) is 45. The molecule has 68 heavy (non-hydrogen) atoms. The molecular formula is C58H116NO8P. The van der Waals surface area contributed by atoms with Gasteiger partial charge in [-0.05, 0) is 12.8 Å². The van der Waals surface area contributed by atoms with Crippen LogP contribution in [0.4, 0.5) is 0 Å². The number of rotatable bonds is 58. The minimum absolute atomic E-state index is 0.0892. The fourth-order valence-electron chi connectivity index (χ4n) is 9.27. The van der Waals surface area contributed by atoms with Crippen molar-refractivity contribution in [3.63, 3.8) is 0 Å². The summed E-state index contributed by atoms with van der Waals surface area (Å²) >= 11 is 0. The number of amides is 1. The van der Waals surface area contributed by atoms with E-state index in [1.54, 1.807) is 0 Å². The number of carbonyl (C=O) groups excluding carboxylic acids is 2. The highest BCUT2D eigenvalue weighted by Gasteiger charge is 2.23. The van der Waals surface area contributed by atoms with E-state index in [1.807, 2.05) is 0 Å². The van der Waals surface area contributed by atoms with Crippen LogP contribution in [0.3, 0.4) is 0 Å². The Bertz CT molecular complexity index is 1080. The molecule has 0 heterocycles. The quantitative estimate of drug-likeness (QED) is 0.0312. The van der Waals surface area contributed by atoms with Gasteiger partial charge < -0.3 is 20.1 Å². The van der Waals surface area contributed by atoms with E-state index in [1.165, 1.54) is 263 Å². The van der Waals surface area contributed by atoms with Crippen LogP contribution in [0.5, 0.6) is 0 Å². The van der Waals surface area contributed by atoms with Crippen molar-refractivity contribution in [2.24, 2.45) is 0 Å². The Kier molecular flexibility index (Phi) is 54.5. The minimum atomic E-state index is -4.42. The van der Waals surface area contributed by atoms with Gasteiger partial charge in [0.25, 0.3) is 0 Å². The molecule has 0 spiro atoms. The number of hydrogen-bond acceptors (Lipinski definition) is 7. The Labute approximate surface area is 422 Å². The van der Waals surface area contributed by atoms with Crippen LogP contribution in [0.1, 0.15) is 328 Å². The maximum absolute atomic E-state index is 12.2. The van der Waals surface area contributed by atoms with Crippen molar-refractivity contribution < 1.29 is 37.9 Å². The monoisotopic (exact) mass is 986 g/mol. The SMILES string of the molecule is CCCCCCCCCCCCCCCCCCCCCCCCCCC(=O)NCCOP(=O)(O)OCC(O)COC(=O)CCCCCCCCCCCCCCCCCCCCCCCCC. The molecule has 1 amide bonds. The van der Waals surface area contributed by atoms with Gasteiger partial charge in [0.1, 0.15) is 12.7 Å². The zero-order valence-corrected chi connectivity index (χ0v) is 46.2. The third kappa shape index (κ3) is 55.9. The van der Waals surface area contributed by atoms with Crippen LogP contribution in [0.15, 0.2) is 0 Å². The molecule has 0 aliphatic heterocycles. The molecule has 3 N–H and O–H groups in total. The Morgan fingerprint density at radius 1 is 0.397 bits per heavy atom. The second kappa shape index (κ2) is 55.3. The van der Waals surface area contributed by atoms with Gasteiger partial charge in [0.15, 0.2) is 0 Å². The van der Waals surface area contributed by atoms with Crippen LogP contribution in [0, 0.1) is 0 Å². The number of aliphatic hydroxyl groups is 1. The lowest BCUT2D eigenvalue weighted by Gasteiger charge is -2.15. The molecule has 9 nitrogen and oxygen atoms in total. The number of carbonyl (C=O) groups is 2. The molecule has 10 heteroatoms. The summed E-state index contributed by atoms with van der Waals surface area (Å²) in [6.07, 6.45) is 62.1. The van der Waals surface area contributed by atoms with E-state index < -0.39 is 26.5 Å². The maximum Gasteiger partial charge on any atom is 0.472 e. The van der Waals surface area contributed by atoms with Gasteiger partial charge >= 0.3 is 13.8 Å². The van der Waals surface area contributed by atoms with Gasteiger partial charge in [-0.2, -0.15) is 0 Å². The summed E-state index contributed by atoms with van der Waals surface area (Å²) < 4.78 is 27.1. The second-order valence-corrected chi connectivity index (χ2v) is 22.1. The molecule has 0 fully saturated rings. The number of ether oxygens (including phenoxy) is 1. The molecular weight excluding hydrogens is 870 g/mol. The fourth-order valence-corrected chi connectivity index (χ4v) is 10.0. The highest BCUT2D eigenvalue weighted by atomic mass is 31.2. The smallest absolute Gasteiger partial charge is 0.463 e. The topological polar surface area (TPSA) is 131 Å². The number of hydrogen-bond donors (Lipinski definition) is 3. The van der Waals surface area contributed by atoms with E-state index in [-0.39, 0.29) is 25.7 Å². The van der Waals surface area contributed by atoms with Gasteiger partial charge in [0.05, 0.1) is 13.2 Å². The Morgan fingerprint density at radius 3 is 0.956 bits per heavy atom. The summed E-state index contributed by atoms with van der Waals surface area (Å²) in [5, 5.41) is 12.8. The van der Waals surface area contributed by atoms with E-state index in [0.29, 0.717) is 12.8 Å².